The quantitative estimate of drug-likeness (QED) is 0.681. The summed E-state index contributed by atoms with van der Waals surface area (Å²) >= 11 is 5.88. The van der Waals surface area contributed by atoms with Crippen molar-refractivity contribution in [1.82, 2.24) is 0 Å². The molecule has 2 rings (SSSR count). The average Bonchev–Trinajstić information content (AvgIpc) is 2.38. The molecule has 1 aromatic rings. The minimum atomic E-state index is -0.805. The minimum Gasteiger partial charge on any atom is -0.481 e. The van der Waals surface area contributed by atoms with Crippen LogP contribution in [-0.2, 0) is 4.79 Å². The largest absolute Gasteiger partial charge is 0.481 e. The molecular weight excluding hydrogens is 272 g/mol. The minimum absolute atomic E-state index is 0.00169. The molecule has 0 amide bonds. The zero-order valence-corrected chi connectivity index (χ0v) is 10.8. The number of nitro groups is 1. The Hall–Kier alpha value is -1.82. The summed E-state index contributed by atoms with van der Waals surface area (Å²) in [5.41, 5.74) is 0.458. The van der Waals surface area contributed by atoms with Crippen LogP contribution in [0.1, 0.15) is 12.8 Å². The van der Waals surface area contributed by atoms with Crippen LogP contribution in [0.25, 0.3) is 0 Å². The number of benzene rings is 1. The van der Waals surface area contributed by atoms with Crippen LogP contribution in [0.3, 0.4) is 0 Å². The number of carboxylic acids is 1. The Bertz CT molecular complexity index is 512. The molecule has 1 aliphatic heterocycles. The first kappa shape index (κ1) is 13.6. The van der Waals surface area contributed by atoms with Gasteiger partial charge in [-0.3, -0.25) is 14.9 Å². The summed E-state index contributed by atoms with van der Waals surface area (Å²) in [4.78, 5) is 23.2. The fraction of sp³-hybridized carbons (Fsp3) is 0.417. The molecule has 7 heteroatoms. The molecule has 1 aliphatic rings. The second kappa shape index (κ2) is 5.44. The lowest BCUT2D eigenvalue weighted by atomic mass is 9.96. The van der Waals surface area contributed by atoms with Crippen LogP contribution in [0.4, 0.5) is 11.4 Å². The van der Waals surface area contributed by atoms with Gasteiger partial charge >= 0.3 is 5.97 Å². The van der Waals surface area contributed by atoms with Gasteiger partial charge in [-0.2, -0.15) is 0 Å². The number of nitro benzene ring substituents is 1. The lowest BCUT2D eigenvalue weighted by molar-refractivity contribution is -0.384. The van der Waals surface area contributed by atoms with Crippen molar-refractivity contribution in [1.29, 1.82) is 0 Å². The summed E-state index contributed by atoms with van der Waals surface area (Å²) in [7, 11) is 0. The summed E-state index contributed by atoms with van der Waals surface area (Å²) in [6, 6.07) is 4.41. The first-order valence-corrected chi connectivity index (χ1v) is 6.28. The smallest absolute Gasteiger partial charge is 0.306 e. The van der Waals surface area contributed by atoms with Gasteiger partial charge in [0.05, 0.1) is 10.8 Å². The van der Waals surface area contributed by atoms with Gasteiger partial charge < -0.3 is 10.0 Å². The lowest BCUT2D eigenvalue weighted by Crippen LogP contribution is -2.36. The maximum atomic E-state index is 11.0. The molecule has 19 heavy (non-hydrogen) atoms. The van der Waals surface area contributed by atoms with E-state index in [1.807, 2.05) is 4.90 Å². The van der Waals surface area contributed by atoms with Crippen LogP contribution in [0.2, 0.25) is 5.02 Å². The van der Waals surface area contributed by atoms with Crippen molar-refractivity contribution in [3.63, 3.8) is 0 Å². The van der Waals surface area contributed by atoms with Crippen LogP contribution in [0.15, 0.2) is 18.2 Å². The predicted octanol–water partition coefficient (Wildman–Crippen LogP) is 2.55. The van der Waals surface area contributed by atoms with Crippen LogP contribution in [0.5, 0.6) is 0 Å². The van der Waals surface area contributed by atoms with Gasteiger partial charge in [0.25, 0.3) is 5.69 Å². The number of carboxylic acid groups (broad SMARTS) is 1. The molecule has 6 nitrogen and oxygen atoms in total. The first-order valence-electron chi connectivity index (χ1n) is 5.90. The van der Waals surface area contributed by atoms with Gasteiger partial charge in [0, 0.05) is 24.2 Å². The van der Waals surface area contributed by atoms with E-state index in [0.717, 1.165) is 0 Å². The van der Waals surface area contributed by atoms with Crippen LogP contribution < -0.4 is 4.90 Å². The SMILES string of the molecule is O=C(O)C1CCN(c2cc(Cl)ccc2[N+](=O)[O-])CC1. The molecule has 102 valence electrons. The van der Waals surface area contributed by atoms with Gasteiger partial charge in [-0.05, 0) is 25.0 Å². The number of aliphatic carboxylic acids is 1. The van der Waals surface area contributed by atoms with Gasteiger partial charge in [-0.15, -0.1) is 0 Å². The second-order valence-electron chi connectivity index (χ2n) is 4.49. The number of hydrogen-bond donors (Lipinski definition) is 1. The van der Waals surface area contributed by atoms with E-state index in [1.54, 1.807) is 6.07 Å². The molecule has 0 bridgehead atoms. The fourth-order valence-electron chi connectivity index (χ4n) is 2.27. The van der Waals surface area contributed by atoms with E-state index in [1.165, 1.54) is 12.1 Å². The zero-order valence-electron chi connectivity index (χ0n) is 10.1. The molecular formula is C12H13ClN2O4. The molecule has 1 N–H and O–H groups in total. The van der Waals surface area contributed by atoms with Crippen LogP contribution in [-0.4, -0.2) is 29.1 Å². The molecule has 1 heterocycles. The molecule has 0 saturated carbocycles. The second-order valence-corrected chi connectivity index (χ2v) is 4.93. The average molecular weight is 285 g/mol. The van der Waals surface area contributed by atoms with Crippen molar-refractivity contribution in [3.05, 3.63) is 33.3 Å². The van der Waals surface area contributed by atoms with E-state index < -0.39 is 10.9 Å². The molecule has 0 radical (unpaired) electrons. The van der Waals surface area contributed by atoms with Gasteiger partial charge in [-0.1, -0.05) is 11.6 Å². The number of piperidine rings is 1. The zero-order chi connectivity index (χ0) is 14.0. The Balaban J connectivity index is 2.21. The van der Waals surface area contributed by atoms with Gasteiger partial charge in [-0.25, -0.2) is 0 Å². The van der Waals surface area contributed by atoms with Crippen molar-refractivity contribution in [3.8, 4) is 0 Å². The third-order valence-corrected chi connectivity index (χ3v) is 3.55. The first-order chi connectivity index (χ1) is 8.99. The molecule has 0 aliphatic carbocycles. The molecule has 0 unspecified atom stereocenters. The molecule has 0 atom stereocenters. The Morgan fingerprint density at radius 2 is 2.05 bits per heavy atom. The van der Waals surface area contributed by atoms with E-state index in [9.17, 15) is 14.9 Å². The fourth-order valence-corrected chi connectivity index (χ4v) is 2.44. The monoisotopic (exact) mass is 284 g/mol. The third-order valence-electron chi connectivity index (χ3n) is 3.32. The number of carbonyl (C=O) groups is 1. The summed E-state index contributed by atoms with van der Waals surface area (Å²) in [6.45, 7) is 0.969. The van der Waals surface area contributed by atoms with Crippen molar-refractivity contribution in [2.24, 2.45) is 5.92 Å². The van der Waals surface area contributed by atoms with Crippen molar-refractivity contribution < 1.29 is 14.8 Å². The van der Waals surface area contributed by atoms with Gasteiger partial charge in [0.15, 0.2) is 0 Å². The van der Waals surface area contributed by atoms with Crippen LogP contribution >= 0.6 is 11.6 Å². The van der Waals surface area contributed by atoms with E-state index in [0.29, 0.717) is 36.6 Å². The van der Waals surface area contributed by atoms with Crippen LogP contribution in [0, 0.1) is 16.0 Å². The Morgan fingerprint density at radius 3 is 2.58 bits per heavy atom. The highest BCUT2D eigenvalue weighted by Crippen LogP contribution is 2.33. The van der Waals surface area contributed by atoms with E-state index >= 15 is 0 Å². The number of hydrogen-bond acceptors (Lipinski definition) is 4. The standard InChI is InChI=1S/C12H13ClN2O4/c13-9-1-2-10(15(18)19)11(7-9)14-5-3-8(4-6-14)12(16)17/h1-2,7-8H,3-6H2,(H,16,17). The Kier molecular flexibility index (Phi) is 3.90. The maximum Gasteiger partial charge on any atom is 0.306 e. The van der Waals surface area contributed by atoms with Crippen molar-refractivity contribution >= 4 is 28.9 Å². The molecule has 1 fully saturated rings. The highest BCUT2D eigenvalue weighted by molar-refractivity contribution is 6.31. The molecule has 0 aromatic heterocycles. The van der Waals surface area contributed by atoms with E-state index in [4.69, 9.17) is 16.7 Å². The number of anilines is 1. The Morgan fingerprint density at radius 1 is 1.42 bits per heavy atom. The third kappa shape index (κ3) is 2.96. The number of nitrogens with zero attached hydrogens (tertiary/aromatic N) is 2. The number of halogens is 1. The molecule has 0 spiro atoms. The van der Waals surface area contributed by atoms with E-state index in [2.05, 4.69) is 0 Å². The number of rotatable bonds is 3. The summed E-state index contributed by atoms with van der Waals surface area (Å²) in [6.07, 6.45) is 0.970. The lowest BCUT2D eigenvalue weighted by Gasteiger charge is -2.31. The predicted molar refractivity (Wildman–Crippen MR) is 70.7 cm³/mol. The van der Waals surface area contributed by atoms with Gasteiger partial charge in [0.2, 0.25) is 0 Å². The maximum absolute atomic E-state index is 11.0. The highest BCUT2D eigenvalue weighted by Gasteiger charge is 2.28. The highest BCUT2D eigenvalue weighted by atomic mass is 35.5. The van der Waals surface area contributed by atoms with Crippen molar-refractivity contribution in [2.45, 2.75) is 12.8 Å². The normalized spacial score (nSPS) is 16.4. The van der Waals surface area contributed by atoms with Crippen molar-refractivity contribution in [2.75, 3.05) is 18.0 Å². The summed E-state index contributed by atoms with van der Waals surface area (Å²) < 4.78 is 0. The van der Waals surface area contributed by atoms with Gasteiger partial charge in [0.1, 0.15) is 5.69 Å². The summed E-state index contributed by atoms with van der Waals surface area (Å²) in [5, 5.41) is 20.4. The molecule has 1 saturated heterocycles. The topological polar surface area (TPSA) is 83.7 Å². The Labute approximate surface area is 114 Å². The summed E-state index contributed by atoms with van der Waals surface area (Å²) in [5.74, 6) is -1.17. The van der Waals surface area contributed by atoms with E-state index in [-0.39, 0.29) is 11.6 Å². The molecule has 1 aromatic carbocycles.